The fraction of sp³-hybridized carbons (Fsp3) is 0.462. The van der Waals surface area contributed by atoms with Crippen molar-refractivity contribution in [3.63, 3.8) is 0 Å². The minimum atomic E-state index is -0.0124. The number of phenolic OH excluding ortho intramolecular Hbond substituents is 1. The zero-order chi connectivity index (χ0) is 11.9. The van der Waals surface area contributed by atoms with Gasteiger partial charge in [-0.15, -0.1) is 0 Å². The molecule has 90 valence electrons. The second-order valence-electron chi connectivity index (χ2n) is 4.91. The Morgan fingerprint density at radius 2 is 1.88 bits per heavy atom. The van der Waals surface area contributed by atoms with Gasteiger partial charge in [0, 0.05) is 12.2 Å². The predicted molar refractivity (Wildman–Crippen MR) is 65.2 cm³/mol. The number of urea groups is 1. The number of carbonyl (C=O) groups is 1. The standard InChI is InChI=1S/C13H16N2O2/c16-11-4-2-10(3-5-11)15-12(17)14-9-8-13(15)6-1-7-13/h2-5,16H,1,6-9H2,(H,14,17). The van der Waals surface area contributed by atoms with Crippen molar-refractivity contribution >= 4 is 11.7 Å². The third-order valence-corrected chi connectivity index (χ3v) is 3.94. The summed E-state index contributed by atoms with van der Waals surface area (Å²) >= 11 is 0. The van der Waals surface area contributed by atoms with Crippen molar-refractivity contribution in [1.29, 1.82) is 0 Å². The van der Waals surface area contributed by atoms with E-state index < -0.39 is 0 Å². The molecule has 1 saturated carbocycles. The number of rotatable bonds is 1. The number of hydrogen-bond acceptors (Lipinski definition) is 2. The fourth-order valence-electron chi connectivity index (χ4n) is 2.86. The first kappa shape index (κ1) is 10.4. The SMILES string of the molecule is O=C1NCCC2(CCC2)N1c1ccc(O)cc1. The Kier molecular flexibility index (Phi) is 2.24. The van der Waals surface area contributed by atoms with Crippen molar-refractivity contribution in [2.24, 2.45) is 0 Å². The number of carbonyl (C=O) groups excluding carboxylic acids is 1. The maximum Gasteiger partial charge on any atom is 0.322 e. The summed E-state index contributed by atoms with van der Waals surface area (Å²) in [6.45, 7) is 0.771. The van der Waals surface area contributed by atoms with Gasteiger partial charge < -0.3 is 10.4 Å². The lowest BCUT2D eigenvalue weighted by atomic mass is 9.72. The predicted octanol–water partition coefficient (Wildman–Crippen LogP) is 2.23. The highest BCUT2D eigenvalue weighted by atomic mass is 16.3. The maximum atomic E-state index is 12.0. The van der Waals surface area contributed by atoms with E-state index in [1.807, 2.05) is 4.90 Å². The van der Waals surface area contributed by atoms with Crippen LogP contribution in [0, 0.1) is 0 Å². The second kappa shape index (κ2) is 3.65. The summed E-state index contributed by atoms with van der Waals surface area (Å²) < 4.78 is 0. The molecule has 0 unspecified atom stereocenters. The van der Waals surface area contributed by atoms with Gasteiger partial charge in [-0.1, -0.05) is 0 Å². The van der Waals surface area contributed by atoms with E-state index in [0.717, 1.165) is 31.5 Å². The van der Waals surface area contributed by atoms with Crippen molar-refractivity contribution in [3.8, 4) is 5.75 Å². The van der Waals surface area contributed by atoms with Crippen molar-refractivity contribution in [2.45, 2.75) is 31.2 Å². The highest BCUT2D eigenvalue weighted by Crippen LogP contribution is 2.44. The molecule has 0 atom stereocenters. The molecule has 1 aliphatic heterocycles. The lowest BCUT2D eigenvalue weighted by Crippen LogP contribution is -2.64. The molecule has 1 aliphatic carbocycles. The van der Waals surface area contributed by atoms with Crippen molar-refractivity contribution in [3.05, 3.63) is 24.3 Å². The molecule has 2 fully saturated rings. The summed E-state index contributed by atoms with van der Waals surface area (Å²) in [5, 5.41) is 12.2. The normalized spacial score (nSPS) is 22.1. The van der Waals surface area contributed by atoms with Crippen LogP contribution in [-0.2, 0) is 0 Å². The van der Waals surface area contributed by atoms with Crippen molar-refractivity contribution < 1.29 is 9.90 Å². The third-order valence-electron chi connectivity index (χ3n) is 3.94. The zero-order valence-electron chi connectivity index (χ0n) is 9.65. The summed E-state index contributed by atoms with van der Waals surface area (Å²) in [6, 6.07) is 6.86. The molecule has 0 radical (unpaired) electrons. The van der Waals surface area contributed by atoms with Crippen LogP contribution >= 0.6 is 0 Å². The molecular weight excluding hydrogens is 216 g/mol. The first-order valence-corrected chi connectivity index (χ1v) is 6.08. The number of nitrogens with zero attached hydrogens (tertiary/aromatic N) is 1. The van der Waals surface area contributed by atoms with Gasteiger partial charge in [-0.2, -0.15) is 0 Å². The van der Waals surface area contributed by atoms with Gasteiger partial charge in [-0.3, -0.25) is 4.90 Å². The average Bonchev–Trinajstić information content (AvgIpc) is 2.28. The fourth-order valence-corrected chi connectivity index (χ4v) is 2.86. The molecule has 3 rings (SSSR count). The van der Waals surface area contributed by atoms with Crippen LogP contribution in [0.4, 0.5) is 10.5 Å². The van der Waals surface area contributed by atoms with Gasteiger partial charge in [0.1, 0.15) is 5.75 Å². The number of anilines is 1. The molecule has 17 heavy (non-hydrogen) atoms. The van der Waals surface area contributed by atoms with Gasteiger partial charge in [0.05, 0.1) is 5.54 Å². The lowest BCUT2D eigenvalue weighted by Gasteiger charge is -2.52. The Morgan fingerprint density at radius 1 is 1.18 bits per heavy atom. The number of phenols is 1. The van der Waals surface area contributed by atoms with Crippen LogP contribution in [0.3, 0.4) is 0 Å². The number of hydrogen-bond donors (Lipinski definition) is 2. The Labute approximate surface area is 100 Å². The molecule has 1 aromatic carbocycles. The monoisotopic (exact) mass is 232 g/mol. The van der Waals surface area contributed by atoms with E-state index in [2.05, 4.69) is 5.32 Å². The van der Waals surface area contributed by atoms with E-state index in [1.54, 1.807) is 24.3 Å². The first-order chi connectivity index (χ1) is 8.21. The van der Waals surface area contributed by atoms with Crippen LogP contribution in [0.25, 0.3) is 0 Å². The van der Waals surface area contributed by atoms with E-state index in [0.29, 0.717) is 0 Å². The molecular formula is C13H16N2O2. The van der Waals surface area contributed by atoms with E-state index in [1.165, 1.54) is 6.42 Å². The number of amides is 2. The first-order valence-electron chi connectivity index (χ1n) is 6.08. The average molecular weight is 232 g/mol. The number of nitrogens with one attached hydrogen (secondary N) is 1. The van der Waals surface area contributed by atoms with Crippen LogP contribution in [-0.4, -0.2) is 23.2 Å². The molecule has 1 spiro atoms. The van der Waals surface area contributed by atoms with Crippen molar-refractivity contribution in [2.75, 3.05) is 11.4 Å². The Morgan fingerprint density at radius 3 is 2.47 bits per heavy atom. The topological polar surface area (TPSA) is 52.6 Å². The Bertz CT molecular complexity index is 437. The molecule has 0 aromatic heterocycles. The van der Waals surface area contributed by atoms with Crippen LogP contribution in [0.2, 0.25) is 0 Å². The largest absolute Gasteiger partial charge is 0.508 e. The zero-order valence-corrected chi connectivity index (χ0v) is 9.65. The van der Waals surface area contributed by atoms with Gasteiger partial charge in [0.2, 0.25) is 0 Å². The smallest absolute Gasteiger partial charge is 0.322 e. The van der Waals surface area contributed by atoms with Gasteiger partial charge in [0.25, 0.3) is 0 Å². The van der Waals surface area contributed by atoms with E-state index >= 15 is 0 Å². The van der Waals surface area contributed by atoms with Gasteiger partial charge in [0.15, 0.2) is 0 Å². The van der Waals surface area contributed by atoms with Crippen molar-refractivity contribution in [1.82, 2.24) is 5.32 Å². The van der Waals surface area contributed by atoms with Crippen LogP contribution < -0.4 is 10.2 Å². The lowest BCUT2D eigenvalue weighted by molar-refractivity contribution is 0.178. The Balaban J connectivity index is 1.97. The minimum absolute atomic E-state index is 0.0124. The third kappa shape index (κ3) is 1.55. The molecule has 2 N–H and O–H groups in total. The second-order valence-corrected chi connectivity index (χ2v) is 4.91. The van der Waals surface area contributed by atoms with Crippen LogP contribution in [0.5, 0.6) is 5.75 Å². The van der Waals surface area contributed by atoms with E-state index in [9.17, 15) is 9.90 Å². The molecule has 4 heteroatoms. The van der Waals surface area contributed by atoms with Crippen LogP contribution in [0.15, 0.2) is 24.3 Å². The molecule has 2 amide bonds. The minimum Gasteiger partial charge on any atom is -0.508 e. The molecule has 1 saturated heterocycles. The van der Waals surface area contributed by atoms with Gasteiger partial charge >= 0.3 is 6.03 Å². The van der Waals surface area contributed by atoms with Gasteiger partial charge in [-0.05, 0) is 49.9 Å². The molecule has 1 heterocycles. The van der Waals surface area contributed by atoms with Gasteiger partial charge in [-0.25, -0.2) is 4.79 Å². The maximum absolute atomic E-state index is 12.0. The molecule has 1 aromatic rings. The summed E-state index contributed by atoms with van der Waals surface area (Å²) in [5.41, 5.74) is 0.902. The number of aromatic hydroxyl groups is 1. The van der Waals surface area contributed by atoms with E-state index in [4.69, 9.17) is 0 Å². The number of benzene rings is 1. The Hall–Kier alpha value is -1.71. The van der Waals surface area contributed by atoms with E-state index in [-0.39, 0.29) is 17.3 Å². The molecule has 2 aliphatic rings. The summed E-state index contributed by atoms with van der Waals surface area (Å²) in [6.07, 6.45) is 4.38. The highest BCUT2D eigenvalue weighted by Gasteiger charge is 2.47. The highest BCUT2D eigenvalue weighted by molar-refractivity contribution is 5.94. The summed E-state index contributed by atoms with van der Waals surface area (Å²) in [4.78, 5) is 13.9. The summed E-state index contributed by atoms with van der Waals surface area (Å²) in [7, 11) is 0. The van der Waals surface area contributed by atoms with Crippen LogP contribution in [0.1, 0.15) is 25.7 Å². The quantitative estimate of drug-likeness (QED) is 0.780. The summed E-state index contributed by atoms with van der Waals surface area (Å²) in [5.74, 6) is 0.230. The molecule has 0 bridgehead atoms. The molecule has 4 nitrogen and oxygen atoms in total.